The molecule has 1 aromatic heterocycles. The first-order chi connectivity index (χ1) is 8.58. The first kappa shape index (κ1) is 15.1. The standard InChI is InChI=1S/C13H23N3OS/c1-4-15(5-2)9-6-7-11(3)16-10-8-12(17)14-13(16)18/h8,10-11H,4-7,9H2,1-3H3,(H,14,17,18). The molecule has 0 aromatic carbocycles. The van der Waals surface area contributed by atoms with Crippen LogP contribution in [0.2, 0.25) is 0 Å². The summed E-state index contributed by atoms with van der Waals surface area (Å²) in [6, 6.07) is 1.85. The van der Waals surface area contributed by atoms with Gasteiger partial charge >= 0.3 is 0 Å². The van der Waals surface area contributed by atoms with Crippen LogP contribution in [0.4, 0.5) is 0 Å². The molecule has 0 fully saturated rings. The van der Waals surface area contributed by atoms with Gasteiger partial charge in [-0.05, 0) is 51.6 Å². The van der Waals surface area contributed by atoms with Crippen LogP contribution in [-0.4, -0.2) is 34.1 Å². The van der Waals surface area contributed by atoms with Crippen molar-refractivity contribution in [1.29, 1.82) is 0 Å². The number of nitrogens with one attached hydrogen (secondary N) is 1. The maximum atomic E-state index is 11.1. The van der Waals surface area contributed by atoms with Gasteiger partial charge in [0.25, 0.3) is 5.56 Å². The first-order valence-corrected chi connectivity index (χ1v) is 7.03. The number of H-pyrrole nitrogens is 1. The van der Waals surface area contributed by atoms with Crippen LogP contribution in [0.3, 0.4) is 0 Å². The van der Waals surface area contributed by atoms with Crippen molar-refractivity contribution < 1.29 is 0 Å². The van der Waals surface area contributed by atoms with Crippen molar-refractivity contribution in [3.63, 3.8) is 0 Å². The molecule has 0 radical (unpaired) electrons. The molecule has 18 heavy (non-hydrogen) atoms. The summed E-state index contributed by atoms with van der Waals surface area (Å²) in [4.78, 5) is 16.2. The zero-order chi connectivity index (χ0) is 13.5. The fourth-order valence-electron chi connectivity index (χ4n) is 2.06. The maximum absolute atomic E-state index is 11.1. The summed E-state index contributed by atoms with van der Waals surface area (Å²) in [5, 5.41) is 0. The molecule has 1 rings (SSSR count). The molecule has 1 atom stereocenters. The Labute approximate surface area is 114 Å². The molecule has 0 bridgehead atoms. The van der Waals surface area contributed by atoms with E-state index in [2.05, 4.69) is 30.7 Å². The summed E-state index contributed by atoms with van der Waals surface area (Å²) in [5.41, 5.74) is -0.133. The third kappa shape index (κ3) is 4.38. The highest BCUT2D eigenvalue weighted by molar-refractivity contribution is 7.71. The SMILES string of the molecule is CCN(CC)CCCC(C)n1ccc(=O)[nH]c1=S. The molecule has 4 nitrogen and oxygen atoms in total. The van der Waals surface area contributed by atoms with Gasteiger partial charge in [-0.25, -0.2) is 0 Å². The fourth-order valence-corrected chi connectivity index (χ4v) is 2.41. The van der Waals surface area contributed by atoms with Crippen molar-refractivity contribution in [2.45, 2.75) is 39.7 Å². The minimum Gasteiger partial charge on any atom is -0.322 e. The van der Waals surface area contributed by atoms with E-state index in [9.17, 15) is 4.79 Å². The zero-order valence-corrected chi connectivity index (χ0v) is 12.3. The quantitative estimate of drug-likeness (QED) is 0.774. The van der Waals surface area contributed by atoms with Gasteiger partial charge in [0.1, 0.15) is 0 Å². The van der Waals surface area contributed by atoms with Crippen LogP contribution in [0.25, 0.3) is 0 Å². The zero-order valence-electron chi connectivity index (χ0n) is 11.5. The lowest BCUT2D eigenvalue weighted by Gasteiger charge is -2.20. The van der Waals surface area contributed by atoms with Gasteiger partial charge in [0.15, 0.2) is 4.77 Å². The summed E-state index contributed by atoms with van der Waals surface area (Å²) in [5.74, 6) is 0. The Morgan fingerprint density at radius 1 is 1.44 bits per heavy atom. The Kier molecular flexibility index (Phi) is 6.29. The predicted molar refractivity (Wildman–Crippen MR) is 77.6 cm³/mol. The van der Waals surface area contributed by atoms with E-state index in [-0.39, 0.29) is 5.56 Å². The van der Waals surface area contributed by atoms with Crippen LogP contribution in [0.15, 0.2) is 17.1 Å². The number of rotatable bonds is 7. The number of aromatic amines is 1. The Balaban J connectivity index is 2.53. The van der Waals surface area contributed by atoms with Crippen LogP contribution >= 0.6 is 12.2 Å². The molecule has 0 aliphatic rings. The molecule has 0 aliphatic carbocycles. The second kappa shape index (κ2) is 7.48. The van der Waals surface area contributed by atoms with Gasteiger partial charge in [0, 0.05) is 18.3 Å². The molecular formula is C13H23N3OS. The van der Waals surface area contributed by atoms with E-state index in [1.165, 1.54) is 6.07 Å². The highest BCUT2D eigenvalue weighted by Gasteiger charge is 2.06. The van der Waals surface area contributed by atoms with E-state index in [1.54, 1.807) is 6.20 Å². The van der Waals surface area contributed by atoms with E-state index in [0.29, 0.717) is 10.8 Å². The molecule has 0 saturated heterocycles. The van der Waals surface area contributed by atoms with Gasteiger partial charge in [-0.15, -0.1) is 0 Å². The molecule has 0 amide bonds. The predicted octanol–water partition coefficient (Wildman–Crippen LogP) is 2.59. The minimum absolute atomic E-state index is 0.133. The van der Waals surface area contributed by atoms with E-state index in [1.807, 2.05) is 4.57 Å². The number of hydrogen-bond acceptors (Lipinski definition) is 3. The van der Waals surface area contributed by atoms with E-state index in [4.69, 9.17) is 12.2 Å². The van der Waals surface area contributed by atoms with Crippen LogP contribution in [-0.2, 0) is 0 Å². The van der Waals surface area contributed by atoms with Crippen LogP contribution in [0.5, 0.6) is 0 Å². The Morgan fingerprint density at radius 2 is 2.11 bits per heavy atom. The van der Waals surface area contributed by atoms with E-state index < -0.39 is 0 Å². The Bertz CT molecular complexity index is 462. The largest absolute Gasteiger partial charge is 0.322 e. The van der Waals surface area contributed by atoms with Crippen molar-refractivity contribution in [1.82, 2.24) is 14.5 Å². The first-order valence-electron chi connectivity index (χ1n) is 6.62. The van der Waals surface area contributed by atoms with Crippen LogP contribution < -0.4 is 5.56 Å². The normalized spacial score (nSPS) is 12.9. The molecule has 0 spiro atoms. The Morgan fingerprint density at radius 3 is 2.67 bits per heavy atom. The van der Waals surface area contributed by atoms with Crippen molar-refractivity contribution in [2.75, 3.05) is 19.6 Å². The van der Waals surface area contributed by atoms with Crippen molar-refractivity contribution >= 4 is 12.2 Å². The van der Waals surface area contributed by atoms with Gasteiger partial charge < -0.3 is 9.47 Å². The Hall–Kier alpha value is -0.940. The van der Waals surface area contributed by atoms with Gasteiger partial charge in [-0.1, -0.05) is 13.8 Å². The van der Waals surface area contributed by atoms with Gasteiger partial charge in [-0.3, -0.25) is 9.78 Å². The lowest BCUT2D eigenvalue weighted by Crippen LogP contribution is -2.24. The summed E-state index contributed by atoms with van der Waals surface area (Å²) in [7, 11) is 0. The number of aromatic nitrogens is 2. The summed E-state index contributed by atoms with van der Waals surface area (Å²) >= 11 is 5.16. The highest BCUT2D eigenvalue weighted by Crippen LogP contribution is 2.12. The minimum atomic E-state index is -0.133. The second-order valence-corrected chi connectivity index (χ2v) is 4.92. The van der Waals surface area contributed by atoms with Crippen molar-refractivity contribution in [3.8, 4) is 0 Å². The van der Waals surface area contributed by atoms with Crippen molar-refractivity contribution in [3.05, 3.63) is 27.4 Å². The number of hydrogen-bond donors (Lipinski definition) is 1. The second-order valence-electron chi connectivity index (χ2n) is 4.54. The molecular weight excluding hydrogens is 246 g/mol. The number of nitrogens with zero attached hydrogens (tertiary/aromatic N) is 2. The molecule has 0 saturated carbocycles. The summed E-state index contributed by atoms with van der Waals surface area (Å²) in [6.07, 6.45) is 3.99. The highest BCUT2D eigenvalue weighted by atomic mass is 32.1. The molecule has 1 heterocycles. The van der Waals surface area contributed by atoms with Gasteiger partial charge in [0.05, 0.1) is 0 Å². The molecule has 0 aliphatic heterocycles. The molecule has 1 N–H and O–H groups in total. The lowest BCUT2D eigenvalue weighted by molar-refractivity contribution is 0.287. The summed E-state index contributed by atoms with van der Waals surface area (Å²) < 4.78 is 2.47. The lowest BCUT2D eigenvalue weighted by atomic mass is 10.1. The third-order valence-corrected chi connectivity index (χ3v) is 3.63. The maximum Gasteiger partial charge on any atom is 0.251 e. The van der Waals surface area contributed by atoms with Gasteiger partial charge in [0.2, 0.25) is 0 Å². The average Bonchev–Trinajstić information content (AvgIpc) is 2.34. The molecule has 1 unspecified atom stereocenters. The summed E-state index contributed by atoms with van der Waals surface area (Å²) in [6.45, 7) is 9.83. The average molecular weight is 269 g/mol. The van der Waals surface area contributed by atoms with E-state index >= 15 is 0 Å². The molecule has 102 valence electrons. The topological polar surface area (TPSA) is 41.0 Å². The molecule has 5 heteroatoms. The fraction of sp³-hybridized carbons (Fsp3) is 0.692. The van der Waals surface area contributed by atoms with Crippen LogP contribution in [0, 0.1) is 4.77 Å². The third-order valence-electron chi connectivity index (χ3n) is 3.32. The van der Waals surface area contributed by atoms with Gasteiger partial charge in [-0.2, -0.15) is 0 Å². The van der Waals surface area contributed by atoms with Crippen molar-refractivity contribution in [2.24, 2.45) is 0 Å². The molecule has 1 aromatic rings. The van der Waals surface area contributed by atoms with Crippen LogP contribution in [0.1, 0.15) is 39.7 Å². The van der Waals surface area contributed by atoms with E-state index in [0.717, 1.165) is 32.5 Å². The monoisotopic (exact) mass is 269 g/mol. The smallest absolute Gasteiger partial charge is 0.251 e.